The first kappa shape index (κ1) is 15.5. The molecule has 1 aromatic rings. The van der Waals surface area contributed by atoms with Crippen molar-refractivity contribution in [1.82, 2.24) is 5.32 Å². The lowest BCUT2D eigenvalue weighted by molar-refractivity contribution is 0.580. The molecule has 1 rings (SSSR count). The fourth-order valence-electron chi connectivity index (χ4n) is 2.19. The molecule has 0 aliphatic rings. The molecule has 0 aromatic heterocycles. The van der Waals surface area contributed by atoms with Gasteiger partial charge in [-0.1, -0.05) is 6.92 Å². The molecule has 2 atom stereocenters. The number of nitrogens with one attached hydrogen (secondary N) is 1. The van der Waals surface area contributed by atoms with E-state index in [-0.39, 0.29) is 17.8 Å². The Balaban J connectivity index is 3.02. The number of nitrogens with zero attached hydrogens (tertiary/aromatic N) is 2. The number of anilines is 1. The van der Waals surface area contributed by atoms with Crippen molar-refractivity contribution in [2.24, 2.45) is 5.92 Å². The van der Waals surface area contributed by atoms with Crippen LogP contribution in [0.2, 0.25) is 0 Å². The van der Waals surface area contributed by atoms with Gasteiger partial charge in [0.25, 0.3) is 0 Å². The maximum Gasteiger partial charge on any atom is 0.123 e. The number of benzene rings is 1. The van der Waals surface area contributed by atoms with Gasteiger partial charge in [0, 0.05) is 25.3 Å². The normalized spacial score (nSPS) is 13.7. The summed E-state index contributed by atoms with van der Waals surface area (Å²) in [7, 11) is 1.93. The van der Waals surface area contributed by atoms with Crippen molar-refractivity contribution in [1.29, 1.82) is 5.26 Å². The van der Waals surface area contributed by atoms with E-state index < -0.39 is 0 Å². The summed E-state index contributed by atoms with van der Waals surface area (Å²) in [6, 6.07) is 7.11. The molecule has 0 saturated heterocycles. The van der Waals surface area contributed by atoms with Crippen molar-refractivity contribution < 1.29 is 4.39 Å². The van der Waals surface area contributed by atoms with Gasteiger partial charge in [0.1, 0.15) is 5.82 Å². The highest BCUT2D eigenvalue weighted by Crippen LogP contribution is 2.27. The van der Waals surface area contributed by atoms with Crippen LogP contribution >= 0.6 is 0 Å². The van der Waals surface area contributed by atoms with Gasteiger partial charge in [-0.15, -0.1) is 0 Å². The first-order valence-electron chi connectivity index (χ1n) is 6.63. The van der Waals surface area contributed by atoms with Crippen molar-refractivity contribution in [3.05, 3.63) is 29.6 Å². The molecule has 0 spiro atoms. The van der Waals surface area contributed by atoms with Gasteiger partial charge in [-0.25, -0.2) is 4.39 Å². The van der Waals surface area contributed by atoms with Crippen LogP contribution in [-0.2, 0) is 0 Å². The molecule has 3 nitrogen and oxygen atoms in total. The summed E-state index contributed by atoms with van der Waals surface area (Å²) in [4.78, 5) is 2.01. The molecule has 0 fully saturated rings. The van der Waals surface area contributed by atoms with Crippen molar-refractivity contribution in [2.45, 2.75) is 26.8 Å². The Morgan fingerprint density at radius 1 is 1.42 bits per heavy atom. The molecule has 1 N–H and O–H groups in total. The van der Waals surface area contributed by atoms with Gasteiger partial charge in [0.05, 0.1) is 12.0 Å². The third-order valence-corrected chi connectivity index (χ3v) is 3.15. The number of halogens is 1. The zero-order chi connectivity index (χ0) is 14.4. The number of hydrogen-bond acceptors (Lipinski definition) is 3. The Labute approximate surface area is 115 Å². The zero-order valence-corrected chi connectivity index (χ0v) is 12.1. The third kappa shape index (κ3) is 4.22. The van der Waals surface area contributed by atoms with Gasteiger partial charge in [-0.3, -0.25) is 0 Å². The second-order valence-corrected chi connectivity index (χ2v) is 4.89. The minimum Gasteiger partial charge on any atom is -0.373 e. The molecule has 0 aliphatic heterocycles. The molecule has 2 unspecified atom stereocenters. The smallest absolute Gasteiger partial charge is 0.123 e. The molecule has 0 bridgehead atoms. The summed E-state index contributed by atoms with van der Waals surface area (Å²) in [5.74, 6) is -0.289. The molecular formula is C15H22FN3. The van der Waals surface area contributed by atoms with Crippen molar-refractivity contribution in [3.63, 3.8) is 0 Å². The van der Waals surface area contributed by atoms with Crippen LogP contribution in [0.25, 0.3) is 0 Å². The van der Waals surface area contributed by atoms with Gasteiger partial charge < -0.3 is 10.2 Å². The summed E-state index contributed by atoms with van der Waals surface area (Å²) in [5, 5.41) is 12.2. The van der Waals surface area contributed by atoms with Crippen LogP contribution in [-0.4, -0.2) is 20.1 Å². The molecule has 0 amide bonds. The predicted octanol–water partition coefficient (Wildman–Crippen LogP) is 3.09. The summed E-state index contributed by atoms with van der Waals surface area (Å²) < 4.78 is 13.4. The second kappa shape index (κ2) is 7.10. The van der Waals surface area contributed by atoms with Gasteiger partial charge in [-0.2, -0.15) is 5.26 Å². The standard InChI is InChI=1S/C15H22FN3/c1-5-18-12(3)14-8-13(16)6-7-15(14)19(4)10-11(2)9-17/h6-8,11-12,18H,5,10H2,1-4H3. The monoisotopic (exact) mass is 263 g/mol. The maximum atomic E-state index is 13.4. The molecule has 0 radical (unpaired) electrons. The van der Waals surface area contributed by atoms with Crippen LogP contribution in [0, 0.1) is 23.1 Å². The number of rotatable bonds is 6. The topological polar surface area (TPSA) is 39.1 Å². The van der Waals surface area contributed by atoms with E-state index in [4.69, 9.17) is 5.26 Å². The van der Waals surface area contributed by atoms with Crippen LogP contribution in [0.1, 0.15) is 32.4 Å². The van der Waals surface area contributed by atoms with E-state index in [2.05, 4.69) is 11.4 Å². The van der Waals surface area contributed by atoms with Gasteiger partial charge in [-0.05, 0) is 44.2 Å². The minimum atomic E-state index is -0.231. The van der Waals surface area contributed by atoms with Crippen LogP contribution in [0.15, 0.2) is 18.2 Å². The first-order valence-corrected chi connectivity index (χ1v) is 6.63. The van der Waals surface area contributed by atoms with E-state index in [1.165, 1.54) is 6.07 Å². The van der Waals surface area contributed by atoms with Crippen LogP contribution in [0.3, 0.4) is 0 Å². The van der Waals surface area contributed by atoms with Crippen molar-refractivity contribution in [2.75, 3.05) is 25.0 Å². The molecule has 0 heterocycles. The van der Waals surface area contributed by atoms with Gasteiger partial charge >= 0.3 is 0 Å². The Kier molecular flexibility index (Phi) is 5.78. The van der Waals surface area contributed by atoms with E-state index in [9.17, 15) is 4.39 Å². The largest absolute Gasteiger partial charge is 0.373 e. The van der Waals surface area contributed by atoms with E-state index in [0.29, 0.717) is 6.54 Å². The van der Waals surface area contributed by atoms with Crippen LogP contribution in [0.5, 0.6) is 0 Å². The highest BCUT2D eigenvalue weighted by molar-refractivity contribution is 5.54. The van der Waals surface area contributed by atoms with E-state index >= 15 is 0 Å². The van der Waals surface area contributed by atoms with Crippen LogP contribution in [0.4, 0.5) is 10.1 Å². The Bertz CT molecular complexity index is 453. The quantitative estimate of drug-likeness (QED) is 0.857. The van der Waals surface area contributed by atoms with Crippen molar-refractivity contribution >= 4 is 5.69 Å². The van der Waals surface area contributed by atoms with E-state index in [1.807, 2.05) is 32.7 Å². The number of nitriles is 1. The number of hydrogen-bond donors (Lipinski definition) is 1. The lowest BCUT2D eigenvalue weighted by Gasteiger charge is -2.26. The third-order valence-electron chi connectivity index (χ3n) is 3.15. The average Bonchev–Trinajstić information content (AvgIpc) is 2.38. The lowest BCUT2D eigenvalue weighted by atomic mass is 10.0. The highest BCUT2D eigenvalue weighted by Gasteiger charge is 2.15. The summed E-state index contributed by atoms with van der Waals surface area (Å²) in [6.07, 6.45) is 0. The molecule has 0 saturated carbocycles. The Morgan fingerprint density at radius 2 is 2.11 bits per heavy atom. The molecule has 4 heteroatoms. The second-order valence-electron chi connectivity index (χ2n) is 4.89. The fraction of sp³-hybridized carbons (Fsp3) is 0.533. The Morgan fingerprint density at radius 3 is 2.68 bits per heavy atom. The summed E-state index contributed by atoms with van der Waals surface area (Å²) in [6.45, 7) is 7.39. The molecule has 104 valence electrons. The van der Waals surface area contributed by atoms with Gasteiger partial charge in [0.2, 0.25) is 0 Å². The van der Waals surface area contributed by atoms with Gasteiger partial charge in [0.15, 0.2) is 0 Å². The summed E-state index contributed by atoms with van der Waals surface area (Å²) in [5.41, 5.74) is 1.89. The molecule has 1 aromatic carbocycles. The minimum absolute atomic E-state index is 0.0580. The first-order chi connectivity index (χ1) is 8.99. The summed E-state index contributed by atoms with van der Waals surface area (Å²) >= 11 is 0. The molecular weight excluding hydrogens is 241 g/mol. The predicted molar refractivity (Wildman–Crippen MR) is 76.5 cm³/mol. The van der Waals surface area contributed by atoms with E-state index in [1.54, 1.807) is 12.1 Å². The van der Waals surface area contributed by atoms with Crippen molar-refractivity contribution in [3.8, 4) is 6.07 Å². The van der Waals surface area contributed by atoms with E-state index in [0.717, 1.165) is 17.8 Å². The fourth-order valence-corrected chi connectivity index (χ4v) is 2.19. The Hall–Kier alpha value is -1.60. The lowest BCUT2D eigenvalue weighted by Crippen LogP contribution is -2.27. The van der Waals surface area contributed by atoms with Crippen LogP contribution < -0.4 is 10.2 Å². The zero-order valence-electron chi connectivity index (χ0n) is 12.1. The molecule has 0 aliphatic carbocycles. The molecule has 19 heavy (non-hydrogen) atoms. The maximum absolute atomic E-state index is 13.4. The highest BCUT2D eigenvalue weighted by atomic mass is 19.1. The SMILES string of the molecule is CCNC(C)c1cc(F)ccc1N(C)CC(C)C#N. The average molecular weight is 263 g/mol.